The van der Waals surface area contributed by atoms with Crippen LogP contribution in [-0.2, 0) is 6.54 Å². The summed E-state index contributed by atoms with van der Waals surface area (Å²) in [7, 11) is 0. The molecule has 0 saturated heterocycles. The maximum absolute atomic E-state index is 13.3. The Bertz CT molecular complexity index is 859. The minimum Gasteiger partial charge on any atom is -0.323 e. The fourth-order valence-corrected chi connectivity index (χ4v) is 4.81. The van der Waals surface area contributed by atoms with Crippen LogP contribution in [0, 0.1) is 11.6 Å². The second kappa shape index (κ2) is 5.58. The highest BCUT2D eigenvalue weighted by Crippen LogP contribution is 2.32. The van der Waals surface area contributed by atoms with E-state index in [0.29, 0.717) is 16.6 Å². The highest BCUT2D eigenvalue weighted by atomic mass is 79.9. The number of carbonyl (C=O) groups excluding carboxylic acids is 1. The fourth-order valence-electron chi connectivity index (χ4n) is 1.95. The van der Waals surface area contributed by atoms with Crippen molar-refractivity contribution >= 4 is 60.0 Å². The van der Waals surface area contributed by atoms with E-state index in [9.17, 15) is 13.6 Å². The fraction of sp³-hybridized carbons (Fsp3) is 0.0769. The van der Waals surface area contributed by atoms with Gasteiger partial charge in [0.05, 0.1) is 31.5 Å². The van der Waals surface area contributed by atoms with Gasteiger partial charge in [-0.2, -0.15) is 0 Å². The molecule has 0 spiro atoms. The molecule has 3 rings (SSSR count). The molecule has 0 radical (unpaired) electrons. The first-order valence-corrected chi connectivity index (χ1v) is 8.14. The lowest BCUT2D eigenvalue weighted by atomic mass is 10.2. The van der Waals surface area contributed by atoms with Crippen molar-refractivity contribution in [2.75, 3.05) is 0 Å². The molecule has 2 aromatic heterocycles. The second-order valence-corrected chi connectivity index (χ2v) is 8.04. The number of ketones is 1. The van der Waals surface area contributed by atoms with Crippen LogP contribution in [0.2, 0.25) is 0 Å². The smallest absolute Gasteiger partial charge is 0.184 e. The van der Waals surface area contributed by atoms with Gasteiger partial charge in [0, 0.05) is 17.7 Å². The van der Waals surface area contributed by atoms with Crippen LogP contribution < -0.4 is 0 Å². The Morgan fingerprint density at radius 1 is 1.24 bits per heavy atom. The predicted molar refractivity (Wildman–Crippen MR) is 83.7 cm³/mol. The van der Waals surface area contributed by atoms with Crippen LogP contribution in [0.1, 0.15) is 10.4 Å². The molecule has 108 valence electrons. The number of thiophene rings is 1. The molecule has 0 fully saturated rings. The number of imidazole rings is 1. The van der Waals surface area contributed by atoms with E-state index in [-0.39, 0.29) is 12.3 Å². The molecule has 1 aromatic carbocycles. The summed E-state index contributed by atoms with van der Waals surface area (Å²) in [4.78, 5) is 16.3. The Morgan fingerprint density at radius 2 is 1.95 bits per heavy atom. The normalized spacial score (nSPS) is 11.2. The summed E-state index contributed by atoms with van der Waals surface area (Å²) in [5.41, 5.74) is 1.23. The van der Waals surface area contributed by atoms with Gasteiger partial charge in [-0.1, -0.05) is 0 Å². The van der Waals surface area contributed by atoms with Crippen LogP contribution >= 0.6 is 43.2 Å². The minimum atomic E-state index is -0.962. The number of nitrogens with zero attached hydrogens (tertiary/aromatic N) is 2. The monoisotopic (exact) mass is 434 g/mol. The Balaban J connectivity index is 1.97. The number of carbonyl (C=O) groups is 1. The van der Waals surface area contributed by atoms with Crippen molar-refractivity contribution in [3.63, 3.8) is 0 Å². The molecule has 21 heavy (non-hydrogen) atoms. The zero-order valence-corrected chi connectivity index (χ0v) is 14.2. The third-order valence-corrected chi connectivity index (χ3v) is 5.27. The summed E-state index contributed by atoms with van der Waals surface area (Å²) < 4.78 is 29.5. The lowest BCUT2D eigenvalue weighted by molar-refractivity contribution is 0.0973. The quantitative estimate of drug-likeness (QED) is 0.554. The highest BCUT2D eigenvalue weighted by Gasteiger charge is 2.16. The standard InChI is InChI=1S/C13H6Br2F2N2OS/c14-12-1-6(13(15)21-12)11(20)4-19-5-18-9-2-7(16)8(17)3-10(9)19/h1-3,5H,4H2. The minimum absolute atomic E-state index is 0.00332. The number of halogens is 4. The van der Waals surface area contributed by atoms with Crippen LogP contribution in [-0.4, -0.2) is 15.3 Å². The zero-order chi connectivity index (χ0) is 15.1. The Labute approximate surface area is 138 Å². The number of hydrogen-bond acceptors (Lipinski definition) is 3. The zero-order valence-electron chi connectivity index (χ0n) is 10.2. The molecule has 0 N–H and O–H groups in total. The van der Waals surface area contributed by atoms with Gasteiger partial charge in [-0.15, -0.1) is 11.3 Å². The van der Waals surface area contributed by atoms with Gasteiger partial charge in [-0.05, 0) is 37.9 Å². The summed E-state index contributed by atoms with van der Waals surface area (Å²) in [6.07, 6.45) is 1.40. The first-order chi connectivity index (χ1) is 9.95. The number of hydrogen-bond donors (Lipinski definition) is 0. The molecule has 2 heterocycles. The first kappa shape index (κ1) is 14.8. The molecule has 0 aliphatic carbocycles. The second-order valence-electron chi connectivity index (χ2n) is 4.29. The van der Waals surface area contributed by atoms with Gasteiger partial charge >= 0.3 is 0 Å². The van der Waals surface area contributed by atoms with E-state index in [4.69, 9.17) is 0 Å². The van der Waals surface area contributed by atoms with E-state index in [2.05, 4.69) is 36.8 Å². The largest absolute Gasteiger partial charge is 0.323 e. The number of fused-ring (bicyclic) bond motifs is 1. The third-order valence-electron chi connectivity index (χ3n) is 2.93. The summed E-state index contributed by atoms with van der Waals surface area (Å²) in [5.74, 6) is -2.06. The van der Waals surface area contributed by atoms with Crippen molar-refractivity contribution in [1.29, 1.82) is 0 Å². The van der Waals surface area contributed by atoms with Crippen molar-refractivity contribution in [2.45, 2.75) is 6.54 Å². The topological polar surface area (TPSA) is 34.9 Å². The van der Waals surface area contributed by atoms with Crippen LogP contribution in [0.4, 0.5) is 8.78 Å². The Hall–Kier alpha value is -1.12. The lowest BCUT2D eigenvalue weighted by Gasteiger charge is -2.03. The third kappa shape index (κ3) is 2.79. The predicted octanol–water partition coefficient (Wildman–Crippen LogP) is 4.78. The summed E-state index contributed by atoms with van der Waals surface area (Å²) in [6.45, 7) is 0.00332. The maximum atomic E-state index is 13.3. The van der Waals surface area contributed by atoms with Gasteiger partial charge in [0.15, 0.2) is 17.4 Å². The molecule has 0 amide bonds. The average Bonchev–Trinajstić information content (AvgIpc) is 2.94. The van der Waals surface area contributed by atoms with Gasteiger partial charge in [0.2, 0.25) is 0 Å². The van der Waals surface area contributed by atoms with E-state index in [1.807, 2.05) is 0 Å². The molecule has 3 nitrogen and oxygen atoms in total. The van der Waals surface area contributed by atoms with Crippen molar-refractivity contribution < 1.29 is 13.6 Å². The molecule has 0 aliphatic heterocycles. The molecule has 0 atom stereocenters. The van der Waals surface area contributed by atoms with E-state index in [1.165, 1.54) is 22.2 Å². The van der Waals surface area contributed by atoms with Gasteiger partial charge in [0.1, 0.15) is 0 Å². The van der Waals surface area contributed by atoms with E-state index in [1.54, 1.807) is 6.07 Å². The Morgan fingerprint density at radius 3 is 2.62 bits per heavy atom. The van der Waals surface area contributed by atoms with Crippen molar-refractivity contribution in [3.05, 3.63) is 49.3 Å². The van der Waals surface area contributed by atoms with Gasteiger partial charge in [-0.3, -0.25) is 4.79 Å². The van der Waals surface area contributed by atoms with E-state index in [0.717, 1.165) is 19.7 Å². The van der Waals surface area contributed by atoms with Gasteiger partial charge in [0.25, 0.3) is 0 Å². The van der Waals surface area contributed by atoms with E-state index < -0.39 is 11.6 Å². The number of Topliss-reactive ketones (excluding diaryl/α,β-unsaturated/α-hetero) is 1. The van der Waals surface area contributed by atoms with Gasteiger partial charge < -0.3 is 4.57 Å². The first-order valence-electron chi connectivity index (χ1n) is 5.73. The van der Waals surface area contributed by atoms with Crippen molar-refractivity contribution in [3.8, 4) is 0 Å². The SMILES string of the molecule is O=C(Cn1cnc2cc(F)c(F)cc21)c1cc(Br)sc1Br. The van der Waals surface area contributed by atoms with Crippen LogP contribution in [0.15, 0.2) is 32.1 Å². The highest BCUT2D eigenvalue weighted by molar-refractivity contribution is 9.12. The Kier molecular flexibility index (Phi) is 3.94. The molecule has 0 aliphatic rings. The van der Waals surface area contributed by atoms with Crippen LogP contribution in [0.5, 0.6) is 0 Å². The van der Waals surface area contributed by atoms with Crippen LogP contribution in [0.25, 0.3) is 11.0 Å². The van der Waals surface area contributed by atoms with Gasteiger partial charge in [-0.25, -0.2) is 13.8 Å². The molecule has 0 bridgehead atoms. The summed E-state index contributed by atoms with van der Waals surface area (Å²) in [5, 5.41) is 0. The number of aromatic nitrogens is 2. The van der Waals surface area contributed by atoms with Crippen molar-refractivity contribution in [1.82, 2.24) is 9.55 Å². The summed E-state index contributed by atoms with van der Waals surface area (Å²) in [6, 6.07) is 3.78. The molecular formula is C13H6Br2F2N2OS. The average molecular weight is 436 g/mol. The molecule has 0 unspecified atom stereocenters. The number of benzene rings is 1. The lowest BCUT2D eigenvalue weighted by Crippen LogP contribution is -2.09. The molecule has 3 aromatic rings. The molecular weight excluding hydrogens is 430 g/mol. The van der Waals surface area contributed by atoms with Crippen LogP contribution in [0.3, 0.4) is 0 Å². The van der Waals surface area contributed by atoms with E-state index >= 15 is 0 Å². The summed E-state index contributed by atoms with van der Waals surface area (Å²) >= 11 is 8.03. The molecule has 0 saturated carbocycles. The van der Waals surface area contributed by atoms with Crippen molar-refractivity contribution in [2.24, 2.45) is 0 Å². The maximum Gasteiger partial charge on any atom is 0.184 e. The molecule has 8 heteroatoms. The number of rotatable bonds is 3.